The summed E-state index contributed by atoms with van der Waals surface area (Å²) >= 11 is 0. The fourth-order valence-corrected chi connectivity index (χ4v) is 0.468. The quantitative estimate of drug-likeness (QED) is 0.580. The van der Waals surface area contributed by atoms with E-state index in [0.717, 1.165) is 0 Å². The fraction of sp³-hybridized carbons (Fsp3) is 1.00. The fourth-order valence-electron chi connectivity index (χ4n) is 0.468. The minimum Gasteiger partial charge on any atom is -0.344 e. The molecule has 0 rings (SSSR count). The Morgan fingerprint density at radius 1 is 1.30 bits per heavy atom. The Kier molecular flexibility index (Phi) is 3.28. The summed E-state index contributed by atoms with van der Waals surface area (Å²) in [6.45, 7) is 5.95. The lowest BCUT2D eigenvalue weighted by atomic mass is 10.2. The number of nitrogens with two attached hydrogens (primary N) is 1. The zero-order valence-corrected chi connectivity index (χ0v) is 7.51. The molecule has 2 N–H and O–H groups in total. The highest BCUT2D eigenvalue weighted by Crippen LogP contribution is 2.08. The first-order chi connectivity index (χ1) is 4.33. The van der Waals surface area contributed by atoms with Crippen molar-refractivity contribution < 1.29 is 4.74 Å². The Morgan fingerprint density at radius 2 is 1.70 bits per heavy atom. The van der Waals surface area contributed by atoms with Gasteiger partial charge in [-0.25, -0.2) is 0 Å². The van der Waals surface area contributed by atoms with E-state index >= 15 is 0 Å². The van der Waals surface area contributed by atoms with E-state index in [9.17, 15) is 0 Å². The van der Waals surface area contributed by atoms with E-state index in [4.69, 9.17) is 10.5 Å². The van der Waals surface area contributed by atoms with E-state index in [-0.39, 0.29) is 12.0 Å². The van der Waals surface area contributed by atoms with Crippen LogP contribution in [0.2, 0.25) is 0 Å². The number of rotatable bonds is 2. The Bertz CT molecular complexity index is 96.3. The molecule has 0 aliphatic rings. The Hall–Kier alpha value is -0.120. The van der Waals surface area contributed by atoms with Crippen LogP contribution in [0.1, 0.15) is 20.8 Å². The molecule has 0 radical (unpaired) electrons. The van der Waals surface area contributed by atoms with E-state index in [1.807, 2.05) is 39.8 Å². The van der Waals surface area contributed by atoms with Gasteiger partial charge in [0.1, 0.15) is 0 Å². The van der Waals surface area contributed by atoms with E-state index in [1.165, 1.54) is 0 Å². The summed E-state index contributed by atoms with van der Waals surface area (Å²) in [4.78, 5) is 1.82. The van der Waals surface area contributed by atoms with Gasteiger partial charge in [-0.1, -0.05) is 0 Å². The second kappa shape index (κ2) is 3.32. The summed E-state index contributed by atoms with van der Waals surface area (Å²) in [6, 6.07) is 0. The van der Waals surface area contributed by atoms with Gasteiger partial charge in [0.2, 0.25) is 0 Å². The van der Waals surface area contributed by atoms with E-state index in [1.54, 1.807) is 0 Å². The standard InChI is InChI=1S/C7H18N2O/c1-7(2,3)10-6(8)9(4)5/h6H,8H2,1-5H3. The van der Waals surface area contributed by atoms with Crippen molar-refractivity contribution in [2.75, 3.05) is 14.1 Å². The molecule has 0 aromatic carbocycles. The largest absolute Gasteiger partial charge is 0.344 e. The number of hydrogen-bond acceptors (Lipinski definition) is 3. The van der Waals surface area contributed by atoms with Crippen LogP contribution in [0.3, 0.4) is 0 Å². The molecule has 1 atom stereocenters. The highest BCUT2D eigenvalue weighted by atomic mass is 16.5. The number of hydrogen-bond donors (Lipinski definition) is 1. The van der Waals surface area contributed by atoms with Crippen LogP contribution in [-0.2, 0) is 4.74 Å². The maximum absolute atomic E-state index is 5.61. The third kappa shape index (κ3) is 4.73. The predicted octanol–water partition coefficient (Wildman–Crippen LogP) is 0.605. The average molecular weight is 146 g/mol. The molecule has 10 heavy (non-hydrogen) atoms. The summed E-state index contributed by atoms with van der Waals surface area (Å²) in [5.41, 5.74) is 5.44. The lowest BCUT2D eigenvalue weighted by Gasteiger charge is -2.28. The minimum absolute atomic E-state index is 0.163. The van der Waals surface area contributed by atoms with Crippen molar-refractivity contribution in [1.29, 1.82) is 0 Å². The van der Waals surface area contributed by atoms with E-state index in [2.05, 4.69) is 0 Å². The Morgan fingerprint density at radius 3 is 1.80 bits per heavy atom. The van der Waals surface area contributed by atoms with Gasteiger partial charge in [0.15, 0.2) is 6.35 Å². The minimum atomic E-state index is -0.306. The molecule has 0 aliphatic carbocycles. The second-order valence-corrected chi connectivity index (χ2v) is 3.58. The first-order valence-corrected chi connectivity index (χ1v) is 3.43. The molecule has 0 aliphatic heterocycles. The van der Waals surface area contributed by atoms with Crippen LogP contribution >= 0.6 is 0 Å². The summed E-state index contributed by atoms with van der Waals surface area (Å²) in [6.07, 6.45) is -0.306. The van der Waals surface area contributed by atoms with E-state index in [0.29, 0.717) is 0 Å². The molecule has 0 amide bonds. The summed E-state index contributed by atoms with van der Waals surface area (Å²) < 4.78 is 5.40. The molecule has 62 valence electrons. The van der Waals surface area contributed by atoms with Crippen LogP contribution in [-0.4, -0.2) is 30.9 Å². The topological polar surface area (TPSA) is 38.5 Å². The molecule has 0 bridgehead atoms. The van der Waals surface area contributed by atoms with Crippen molar-refractivity contribution in [2.24, 2.45) is 5.73 Å². The first kappa shape index (κ1) is 9.88. The molecule has 0 heterocycles. The Balaban J connectivity index is 3.68. The van der Waals surface area contributed by atoms with Crippen LogP contribution in [0.25, 0.3) is 0 Å². The molecule has 3 heteroatoms. The third-order valence-electron chi connectivity index (χ3n) is 0.983. The van der Waals surface area contributed by atoms with Crippen LogP contribution in [0.4, 0.5) is 0 Å². The molecule has 0 saturated carbocycles. The zero-order valence-electron chi connectivity index (χ0n) is 7.51. The van der Waals surface area contributed by atoms with Crippen molar-refractivity contribution in [3.05, 3.63) is 0 Å². The lowest BCUT2D eigenvalue weighted by Crippen LogP contribution is -2.43. The Labute approximate surface area is 63.1 Å². The van der Waals surface area contributed by atoms with Gasteiger partial charge in [0, 0.05) is 0 Å². The molecule has 0 aromatic heterocycles. The average Bonchev–Trinajstić information content (AvgIpc) is 1.60. The first-order valence-electron chi connectivity index (χ1n) is 3.43. The van der Waals surface area contributed by atoms with E-state index < -0.39 is 0 Å². The van der Waals surface area contributed by atoms with Crippen molar-refractivity contribution in [3.63, 3.8) is 0 Å². The molecule has 0 fully saturated rings. The van der Waals surface area contributed by atoms with Gasteiger partial charge in [-0.2, -0.15) is 0 Å². The van der Waals surface area contributed by atoms with Crippen LogP contribution in [0.5, 0.6) is 0 Å². The van der Waals surface area contributed by atoms with Gasteiger partial charge >= 0.3 is 0 Å². The monoisotopic (exact) mass is 146 g/mol. The van der Waals surface area contributed by atoms with Gasteiger partial charge in [-0.15, -0.1) is 0 Å². The summed E-state index contributed by atoms with van der Waals surface area (Å²) in [5, 5.41) is 0. The molecular formula is C7H18N2O. The molecular weight excluding hydrogens is 128 g/mol. The highest BCUT2D eigenvalue weighted by molar-refractivity contribution is 4.60. The van der Waals surface area contributed by atoms with Crippen molar-refractivity contribution in [3.8, 4) is 0 Å². The van der Waals surface area contributed by atoms with Gasteiger partial charge in [-0.3, -0.25) is 10.6 Å². The zero-order chi connectivity index (χ0) is 8.36. The summed E-state index contributed by atoms with van der Waals surface area (Å²) in [7, 11) is 3.77. The smallest absolute Gasteiger partial charge is 0.163 e. The maximum atomic E-state index is 5.61. The van der Waals surface area contributed by atoms with Gasteiger partial charge in [-0.05, 0) is 34.9 Å². The van der Waals surface area contributed by atoms with Crippen molar-refractivity contribution in [1.82, 2.24) is 4.90 Å². The number of ether oxygens (including phenoxy) is 1. The van der Waals surface area contributed by atoms with Crippen molar-refractivity contribution >= 4 is 0 Å². The van der Waals surface area contributed by atoms with Crippen LogP contribution in [0.15, 0.2) is 0 Å². The van der Waals surface area contributed by atoms with Crippen LogP contribution < -0.4 is 5.73 Å². The molecule has 0 saturated heterocycles. The molecule has 1 unspecified atom stereocenters. The second-order valence-electron chi connectivity index (χ2n) is 3.58. The van der Waals surface area contributed by atoms with Gasteiger partial charge in [0.05, 0.1) is 5.60 Å². The highest BCUT2D eigenvalue weighted by Gasteiger charge is 2.16. The SMILES string of the molecule is CN(C)C(N)OC(C)(C)C. The van der Waals surface area contributed by atoms with Gasteiger partial charge in [0.25, 0.3) is 0 Å². The molecule has 0 aromatic rings. The third-order valence-corrected chi connectivity index (χ3v) is 0.983. The maximum Gasteiger partial charge on any atom is 0.163 e. The molecule has 3 nitrogen and oxygen atoms in total. The van der Waals surface area contributed by atoms with Crippen molar-refractivity contribution in [2.45, 2.75) is 32.7 Å². The van der Waals surface area contributed by atoms with Crippen LogP contribution in [0, 0.1) is 0 Å². The number of nitrogens with zero attached hydrogens (tertiary/aromatic N) is 1. The van der Waals surface area contributed by atoms with Gasteiger partial charge < -0.3 is 4.74 Å². The molecule has 0 spiro atoms. The summed E-state index contributed by atoms with van der Waals surface area (Å²) in [5.74, 6) is 0. The normalized spacial score (nSPS) is 15.9. The predicted molar refractivity (Wildman–Crippen MR) is 42.5 cm³/mol. The lowest BCUT2D eigenvalue weighted by molar-refractivity contribution is -0.115.